The van der Waals surface area contributed by atoms with Crippen molar-refractivity contribution in [3.63, 3.8) is 0 Å². The number of esters is 1. The number of carbonyl (C=O) groups excluding carboxylic acids is 1. The van der Waals surface area contributed by atoms with Gasteiger partial charge in [-0.2, -0.15) is 0 Å². The van der Waals surface area contributed by atoms with Crippen molar-refractivity contribution in [2.24, 2.45) is 40.4 Å². The highest BCUT2D eigenvalue weighted by atomic mass is 16.5. The van der Waals surface area contributed by atoms with Crippen molar-refractivity contribution in [1.82, 2.24) is 0 Å². The topological polar surface area (TPSA) is 35.5 Å². The van der Waals surface area contributed by atoms with Crippen LogP contribution in [0.15, 0.2) is 11.6 Å². The van der Waals surface area contributed by atoms with Crippen molar-refractivity contribution in [2.75, 3.05) is 6.61 Å². The van der Waals surface area contributed by atoms with Crippen molar-refractivity contribution >= 4 is 5.97 Å². The van der Waals surface area contributed by atoms with Gasteiger partial charge in [-0.3, -0.25) is 4.79 Å². The molecule has 3 saturated carbocycles. The molecule has 0 aromatic carbocycles. The fraction of sp³-hybridized carbons (Fsp3) is 0.893. The van der Waals surface area contributed by atoms with E-state index in [1.807, 2.05) is 0 Å². The first-order valence-electron chi connectivity index (χ1n) is 13.1. The fourth-order valence-corrected chi connectivity index (χ4v) is 8.38. The van der Waals surface area contributed by atoms with Gasteiger partial charge in [0.05, 0.1) is 6.10 Å². The van der Waals surface area contributed by atoms with Gasteiger partial charge in [0.15, 0.2) is 0 Å². The molecule has 3 fully saturated rings. The third-order valence-corrected chi connectivity index (χ3v) is 10.1. The number of rotatable bonds is 6. The normalized spacial score (nSPS) is 42.9. The molecule has 176 valence electrons. The second kappa shape index (κ2) is 8.84. The Morgan fingerprint density at radius 2 is 1.87 bits per heavy atom. The monoisotopic (exact) mass is 430 g/mol. The van der Waals surface area contributed by atoms with Gasteiger partial charge in [-0.15, -0.1) is 0 Å². The van der Waals surface area contributed by atoms with E-state index in [1.165, 1.54) is 44.9 Å². The predicted molar refractivity (Wildman–Crippen MR) is 126 cm³/mol. The molecule has 0 radical (unpaired) electrons. The molecule has 0 bridgehead atoms. The van der Waals surface area contributed by atoms with Gasteiger partial charge in [-0.25, -0.2) is 0 Å². The second-order valence-corrected chi connectivity index (χ2v) is 12.2. The van der Waals surface area contributed by atoms with Crippen molar-refractivity contribution < 1.29 is 14.3 Å². The largest absolute Gasteiger partial charge is 0.462 e. The van der Waals surface area contributed by atoms with Crippen LogP contribution in [0.5, 0.6) is 0 Å². The van der Waals surface area contributed by atoms with Crippen LogP contribution < -0.4 is 0 Å². The molecule has 0 saturated heterocycles. The molecule has 8 atom stereocenters. The fourth-order valence-electron chi connectivity index (χ4n) is 8.38. The molecule has 0 heterocycles. The summed E-state index contributed by atoms with van der Waals surface area (Å²) in [6.07, 6.45) is 14.1. The van der Waals surface area contributed by atoms with Crippen LogP contribution in [0.25, 0.3) is 0 Å². The summed E-state index contributed by atoms with van der Waals surface area (Å²) in [5.74, 6) is 3.77. The lowest BCUT2D eigenvalue weighted by Gasteiger charge is -2.58. The van der Waals surface area contributed by atoms with Crippen LogP contribution in [0.1, 0.15) is 99.3 Å². The molecular weight excluding hydrogens is 384 g/mol. The predicted octanol–water partition coefficient (Wildman–Crippen LogP) is 6.95. The molecule has 4 rings (SSSR count). The number of hydrogen-bond donors (Lipinski definition) is 0. The van der Waals surface area contributed by atoms with E-state index < -0.39 is 0 Å². The Hall–Kier alpha value is -0.830. The van der Waals surface area contributed by atoms with Gasteiger partial charge in [-0.1, -0.05) is 39.3 Å². The zero-order chi connectivity index (χ0) is 22.4. The number of ether oxygens (including phenoxy) is 2. The van der Waals surface area contributed by atoms with E-state index in [9.17, 15) is 4.79 Å². The summed E-state index contributed by atoms with van der Waals surface area (Å²) in [5, 5.41) is 0. The molecule has 3 heteroatoms. The maximum absolute atomic E-state index is 11.5. The standard InChI is InChI=1S/C28H46O3/c1-18(2)13-16-30-19(3)24-9-10-25-23-8-7-21-17-22(31-20(4)29)11-14-27(21,5)26(23)12-15-28(24,25)6/h7,18-19,22-26H,8-17H2,1-6H3/t19?,22-,23-,24+,25-,26-,27-,28+/m0/s1. The molecular formula is C28H46O3. The number of hydrogen-bond acceptors (Lipinski definition) is 3. The quantitative estimate of drug-likeness (QED) is 0.338. The highest BCUT2D eigenvalue weighted by molar-refractivity contribution is 5.66. The molecule has 31 heavy (non-hydrogen) atoms. The Morgan fingerprint density at radius 3 is 2.58 bits per heavy atom. The summed E-state index contributed by atoms with van der Waals surface area (Å²) in [6.45, 7) is 14.5. The molecule has 0 amide bonds. The van der Waals surface area contributed by atoms with Crippen molar-refractivity contribution in [3.05, 3.63) is 11.6 Å². The Kier molecular flexibility index (Phi) is 6.65. The summed E-state index contributed by atoms with van der Waals surface area (Å²) in [7, 11) is 0. The minimum atomic E-state index is -0.127. The third kappa shape index (κ3) is 4.25. The van der Waals surface area contributed by atoms with E-state index in [4.69, 9.17) is 9.47 Å². The van der Waals surface area contributed by atoms with Crippen LogP contribution >= 0.6 is 0 Å². The molecule has 0 N–H and O–H groups in total. The molecule has 0 aromatic rings. The number of fused-ring (bicyclic) bond motifs is 5. The van der Waals surface area contributed by atoms with E-state index in [0.29, 0.717) is 22.9 Å². The first-order chi connectivity index (χ1) is 14.6. The van der Waals surface area contributed by atoms with Gasteiger partial charge in [-0.05, 0) is 98.7 Å². The first-order valence-corrected chi connectivity index (χ1v) is 13.1. The Balaban J connectivity index is 1.47. The van der Waals surface area contributed by atoms with E-state index in [0.717, 1.165) is 43.1 Å². The van der Waals surface area contributed by atoms with Gasteiger partial charge in [0.2, 0.25) is 0 Å². The molecule has 1 unspecified atom stereocenters. The van der Waals surface area contributed by atoms with E-state index in [-0.39, 0.29) is 12.1 Å². The van der Waals surface area contributed by atoms with Gasteiger partial charge in [0.25, 0.3) is 0 Å². The smallest absolute Gasteiger partial charge is 0.302 e. The molecule has 0 spiro atoms. The molecule has 3 nitrogen and oxygen atoms in total. The Labute approximate surface area is 190 Å². The lowest BCUT2D eigenvalue weighted by atomic mass is 9.47. The first kappa shape index (κ1) is 23.3. The van der Waals surface area contributed by atoms with Crippen LogP contribution in [0, 0.1) is 40.4 Å². The minimum Gasteiger partial charge on any atom is -0.462 e. The minimum absolute atomic E-state index is 0.0990. The van der Waals surface area contributed by atoms with E-state index in [2.05, 4.69) is 40.7 Å². The molecule has 4 aliphatic carbocycles. The molecule has 0 aliphatic heterocycles. The SMILES string of the molecule is CC(=O)O[C@H]1CC[C@@]2(C)C(=CC[C@H]3[C@@H]4CC[C@H](C(C)OCCC(C)C)[C@@]4(C)CC[C@@H]32)C1. The van der Waals surface area contributed by atoms with Crippen LogP contribution in [-0.4, -0.2) is 24.8 Å². The Bertz CT molecular complexity index is 696. The summed E-state index contributed by atoms with van der Waals surface area (Å²) in [5.41, 5.74) is 2.35. The highest BCUT2D eigenvalue weighted by Gasteiger charge is 2.59. The van der Waals surface area contributed by atoms with Crippen LogP contribution in [0.4, 0.5) is 0 Å². The average molecular weight is 431 g/mol. The summed E-state index contributed by atoms with van der Waals surface area (Å²) >= 11 is 0. The number of allylic oxidation sites excluding steroid dienone is 1. The van der Waals surface area contributed by atoms with Gasteiger partial charge in [0, 0.05) is 20.0 Å². The van der Waals surface area contributed by atoms with E-state index >= 15 is 0 Å². The highest BCUT2D eigenvalue weighted by Crippen LogP contribution is 2.66. The second-order valence-electron chi connectivity index (χ2n) is 12.2. The van der Waals surface area contributed by atoms with Crippen molar-refractivity contribution in [1.29, 1.82) is 0 Å². The summed E-state index contributed by atoms with van der Waals surface area (Å²) in [4.78, 5) is 11.5. The van der Waals surface area contributed by atoms with Gasteiger partial charge < -0.3 is 9.47 Å². The Morgan fingerprint density at radius 1 is 1.10 bits per heavy atom. The summed E-state index contributed by atoms with van der Waals surface area (Å²) in [6, 6.07) is 0. The van der Waals surface area contributed by atoms with Crippen molar-refractivity contribution in [3.8, 4) is 0 Å². The zero-order valence-corrected chi connectivity index (χ0v) is 20.9. The zero-order valence-electron chi connectivity index (χ0n) is 20.9. The third-order valence-electron chi connectivity index (χ3n) is 10.1. The average Bonchev–Trinajstić information content (AvgIpc) is 3.05. The van der Waals surface area contributed by atoms with E-state index in [1.54, 1.807) is 12.5 Å². The van der Waals surface area contributed by atoms with Crippen LogP contribution in [0.3, 0.4) is 0 Å². The molecule has 4 aliphatic rings. The molecule has 0 aromatic heterocycles. The van der Waals surface area contributed by atoms with Gasteiger partial charge in [0.1, 0.15) is 6.10 Å². The number of carbonyl (C=O) groups is 1. The van der Waals surface area contributed by atoms with Crippen LogP contribution in [0.2, 0.25) is 0 Å². The lowest BCUT2D eigenvalue weighted by molar-refractivity contribution is -0.148. The maximum atomic E-state index is 11.5. The van der Waals surface area contributed by atoms with Crippen LogP contribution in [-0.2, 0) is 14.3 Å². The summed E-state index contributed by atoms with van der Waals surface area (Å²) < 4.78 is 12.0. The van der Waals surface area contributed by atoms with Gasteiger partial charge >= 0.3 is 5.97 Å². The maximum Gasteiger partial charge on any atom is 0.302 e. The van der Waals surface area contributed by atoms with Crippen molar-refractivity contribution in [2.45, 2.75) is 112 Å². The lowest BCUT2D eigenvalue weighted by Crippen LogP contribution is -2.51.